The Labute approximate surface area is 348 Å². The number of hydrogen-bond acceptors (Lipinski definition) is 3. The van der Waals surface area contributed by atoms with Crippen LogP contribution in [0.5, 0.6) is 0 Å². The molecular formula is C57H38N2O. The minimum absolute atomic E-state index is 0.142. The predicted molar refractivity (Wildman–Crippen MR) is 249 cm³/mol. The van der Waals surface area contributed by atoms with Crippen molar-refractivity contribution < 1.29 is 4.42 Å². The minimum Gasteiger partial charge on any atom is -0.456 e. The molecule has 0 amide bonds. The van der Waals surface area contributed by atoms with Crippen LogP contribution in [0.4, 0.5) is 0 Å². The molecule has 3 heteroatoms. The van der Waals surface area contributed by atoms with Crippen LogP contribution < -0.4 is 0 Å². The summed E-state index contributed by atoms with van der Waals surface area (Å²) in [6.45, 7) is 4.71. The van der Waals surface area contributed by atoms with Gasteiger partial charge in [-0.3, -0.25) is 0 Å². The minimum atomic E-state index is -0.142. The molecule has 0 atom stereocenters. The molecule has 9 aromatic carbocycles. The summed E-state index contributed by atoms with van der Waals surface area (Å²) in [5.74, 6) is 0.693. The van der Waals surface area contributed by atoms with Crippen LogP contribution in [0.2, 0.25) is 0 Å². The Hall–Kier alpha value is -7.62. The maximum absolute atomic E-state index is 6.35. The number of furan rings is 1. The lowest BCUT2D eigenvalue weighted by atomic mass is 9.81. The van der Waals surface area contributed by atoms with Crippen molar-refractivity contribution in [1.82, 2.24) is 9.97 Å². The second-order valence-corrected chi connectivity index (χ2v) is 16.6. The van der Waals surface area contributed by atoms with Gasteiger partial charge in [0, 0.05) is 32.9 Å². The summed E-state index contributed by atoms with van der Waals surface area (Å²) < 4.78 is 6.35. The Balaban J connectivity index is 1.01. The third kappa shape index (κ3) is 5.43. The van der Waals surface area contributed by atoms with Gasteiger partial charge < -0.3 is 4.42 Å². The Morgan fingerprint density at radius 1 is 0.367 bits per heavy atom. The molecule has 1 aliphatic carbocycles. The van der Waals surface area contributed by atoms with Crippen LogP contribution in [0.25, 0.3) is 111 Å². The largest absolute Gasteiger partial charge is 0.456 e. The number of benzene rings is 9. The maximum atomic E-state index is 6.35. The molecule has 12 rings (SSSR count). The van der Waals surface area contributed by atoms with Crippen LogP contribution in [0.15, 0.2) is 199 Å². The molecule has 1 aliphatic rings. The third-order valence-electron chi connectivity index (χ3n) is 12.6. The van der Waals surface area contributed by atoms with Crippen LogP contribution in [0.3, 0.4) is 0 Å². The summed E-state index contributed by atoms with van der Waals surface area (Å²) in [6.07, 6.45) is 0. The van der Waals surface area contributed by atoms with E-state index >= 15 is 0 Å². The second-order valence-electron chi connectivity index (χ2n) is 16.6. The molecule has 2 heterocycles. The van der Waals surface area contributed by atoms with E-state index in [0.717, 1.165) is 66.7 Å². The summed E-state index contributed by atoms with van der Waals surface area (Å²) in [5.41, 5.74) is 16.4. The van der Waals surface area contributed by atoms with Crippen molar-refractivity contribution in [1.29, 1.82) is 0 Å². The normalized spacial score (nSPS) is 13.0. The van der Waals surface area contributed by atoms with E-state index in [4.69, 9.17) is 14.4 Å². The van der Waals surface area contributed by atoms with Crippen molar-refractivity contribution in [3.8, 4) is 67.3 Å². The zero-order valence-corrected chi connectivity index (χ0v) is 33.3. The first-order valence-corrected chi connectivity index (χ1v) is 20.6. The molecule has 0 unspecified atom stereocenters. The molecule has 60 heavy (non-hydrogen) atoms. The number of nitrogens with zero attached hydrogens (tertiary/aromatic N) is 2. The lowest BCUT2D eigenvalue weighted by Crippen LogP contribution is -2.14. The Morgan fingerprint density at radius 2 is 0.967 bits per heavy atom. The van der Waals surface area contributed by atoms with E-state index in [-0.39, 0.29) is 5.41 Å². The Kier molecular flexibility index (Phi) is 7.58. The molecule has 0 radical (unpaired) electrons. The van der Waals surface area contributed by atoms with Crippen LogP contribution >= 0.6 is 0 Å². The van der Waals surface area contributed by atoms with Crippen molar-refractivity contribution in [3.63, 3.8) is 0 Å². The molecule has 2 aromatic heterocycles. The highest BCUT2D eigenvalue weighted by Crippen LogP contribution is 2.54. The lowest BCUT2D eigenvalue weighted by Gasteiger charge is -2.22. The molecule has 0 bridgehead atoms. The van der Waals surface area contributed by atoms with Gasteiger partial charge in [0.05, 0.1) is 11.4 Å². The maximum Gasteiger partial charge on any atom is 0.160 e. The summed E-state index contributed by atoms with van der Waals surface area (Å²) >= 11 is 0. The van der Waals surface area contributed by atoms with Gasteiger partial charge in [-0.15, -0.1) is 0 Å². The highest BCUT2D eigenvalue weighted by molar-refractivity contribution is 6.11. The Morgan fingerprint density at radius 3 is 1.78 bits per heavy atom. The summed E-state index contributed by atoms with van der Waals surface area (Å²) in [6, 6.07) is 69.6. The van der Waals surface area contributed by atoms with E-state index in [1.54, 1.807) is 0 Å². The third-order valence-corrected chi connectivity index (χ3v) is 12.6. The van der Waals surface area contributed by atoms with Crippen LogP contribution in [0.1, 0.15) is 25.0 Å². The molecular weight excluding hydrogens is 729 g/mol. The molecule has 282 valence electrons. The van der Waals surface area contributed by atoms with E-state index in [1.165, 1.54) is 49.4 Å². The van der Waals surface area contributed by atoms with Gasteiger partial charge in [0.25, 0.3) is 0 Å². The molecule has 0 saturated carbocycles. The summed E-state index contributed by atoms with van der Waals surface area (Å²) in [4.78, 5) is 10.6. The van der Waals surface area contributed by atoms with Crippen molar-refractivity contribution in [2.24, 2.45) is 0 Å². The van der Waals surface area contributed by atoms with Crippen molar-refractivity contribution >= 4 is 43.5 Å². The first-order chi connectivity index (χ1) is 29.5. The monoisotopic (exact) mass is 766 g/mol. The zero-order valence-electron chi connectivity index (χ0n) is 33.3. The van der Waals surface area contributed by atoms with Crippen molar-refractivity contribution in [2.75, 3.05) is 0 Å². The van der Waals surface area contributed by atoms with E-state index in [2.05, 4.69) is 190 Å². The van der Waals surface area contributed by atoms with Gasteiger partial charge in [0.2, 0.25) is 0 Å². The van der Waals surface area contributed by atoms with Gasteiger partial charge in [-0.05, 0) is 115 Å². The zero-order chi connectivity index (χ0) is 40.0. The van der Waals surface area contributed by atoms with Crippen LogP contribution in [-0.4, -0.2) is 9.97 Å². The highest BCUT2D eigenvalue weighted by Gasteiger charge is 2.37. The average Bonchev–Trinajstić information content (AvgIpc) is 3.77. The summed E-state index contributed by atoms with van der Waals surface area (Å²) in [5, 5.41) is 7.14. The first-order valence-electron chi connectivity index (χ1n) is 20.6. The van der Waals surface area contributed by atoms with E-state index in [0.29, 0.717) is 5.82 Å². The lowest BCUT2D eigenvalue weighted by molar-refractivity contribution is 0.661. The van der Waals surface area contributed by atoms with Crippen molar-refractivity contribution in [3.05, 3.63) is 205 Å². The Bertz CT molecular complexity index is 3520. The van der Waals surface area contributed by atoms with Crippen molar-refractivity contribution in [2.45, 2.75) is 19.3 Å². The fourth-order valence-electron chi connectivity index (χ4n) is 9.59. The fourth-order valence-corrected chi connectivity index (χ4v) is 9.59. The highest BCUT2D eigenvalue weighted by atomic mass is 16.3. The molecule has 3 nitrogen and oxygen atoms in total. The molecule has 11 aromatic rings. The number of rotatable bonds is 5. The van der Waals surface area contributed by atoms with E-state index in [1.807, 2.05) is 18.2 Å². The summed E-state index contributed by atoms with van der Waals surface area (Å²) in [7, 11) is 0. The van der Waals surface area contributed by atoms with E-state index < -0.39 is 0 Å². The molecule has 0 spiro atoms. The van der Waals surface area contributed by atoms with Gasteiger partial charge in [-0.25, -0.2) is 9.97 Å². The second kappa shape index (κ2) is 13.2. The van der Waals surface area contributed by atoms with Crippen LogP contribution in [0, 0.1) is 0 Å². The van der Waals surface area contributed by atoms with E-state index in [9.17, 15) is 0 Å². The molecule has 0 saturated heterocycles. The number of aromatic nitrogens is 2. The van der Waals surface area contributed by atoms with Gasteiger partial charge in [-0.2, -0.15) is 0 Å². The smallest absolute Gasteiger partial charge is 0.160 e. The van der Waals surface area contributed by atoms with Gasteiger partial charge in [0.15, 0.2) is 5.82 Å². The van der Waals surface area contributed by atoms with Gasteiger partial charge in [-0.1, -0.05) is 159 Å². The quantitative estimate of drug-likeness (QED) is 0.175. The predicted octanol–water partition coefficient (Wildman–Crippen LogP) is 15.3. The average molecular weight is 767 g/mol. The molecule has 0 N–H and O–H groups in total. The molecule has 0 aliphatic heterocycles. The standard InChI is InChI=1S/C57H38N2O/c1-57(2)49-25-13-24-45(55(49)48-31-38-17-6-8-18-39(38)32-50(48)57)43-22-10-11-23-44(43)52-34-51(58-56(59-52)35-14-4-3-5-15-35)42-21-12-20-36(28-42)41-26-27-53-46(30-41)47-29-37-16-7-9-19-40(37)33-54(47)60-53/h3-34H,1-2H3. The topological polar surface area (TPSA) is 38.9 Å². The fraction of sp³-hybridized carbons (Fsp3) is 0.0526. The molecule has 0 fully saturated rings. The number of hydrogen-bond donors (Lipinski definition) is 0. The SMILES string of the molecule is CC1(C)c2cc3ccccc3cc2-c2c(-c3ccccc3-c3cc(-c4cccc(-c5ccc6oc7cc8ccccc8cc7c6c5)c4)nc(-c4ccccc4)n3)cccc21. The van der Waals surface area contributed by atoms with Gasteiger partial charge in [0.1, 0.15) is 11.2 Å². The van der Waals surface area contributed by atoms with Gasteiger partial charge >= 0.3 is 0 Å². The number of fused-ring (bicyclic) bond motifs is 8. The first kappa shape index (κ1) is 34.4. The van der Waals surface area contributed by atoms with Crippen LogP contribution in [-0.2, 0) is 5.41 Å².